The van der Waals surface area contributed by atoms with Gasteiger partial charge in [-0.3, -0.25) is 4.68 Å². The summed E-state index contributed by atoms with van der Waals surface area (Å²) < 4.78 is 3.36. The van der Waals surface area contributed by atoms with Crippen LogP contribution in [0.4, 0.5) is 11.6 Å². The number of nitrogens with two attached hydrogens (primary N) is 1. The highest BCUT2D eigenvalue weighted by Gasteiger charge is 2.44. The van der Waals surface area contributed by atoms with Gasteiger partial charge in [0.25, 0.3) is 0 Å². The minimum atomic E-state index is -0.0223. The van der Waals surface area contributed by atoms with Crippen molar-refractivity contribution in [2.24, 2.45) is 5.11 Å². The van der Waals surface area contributed by atoms with Gasteiger partial charge in [0.1, 0.15) is 28.3 Å². The number of rotatable bonds is 8. The number of azide groups is 1. The van der Waals surface area contributed by atoms with Crippen LogP contribution in [0.5, 0.6) is 0 Å². The second kappa shape index (κ2) is 7.74. The van der Waals surface area contributed by atoms with Gasteiger partial charge < -0.3 is 11.1 Å². The van der Waals surface area contributed by atoms with E-state index in [9.17, 15) is 5.26 Å². The molecule has 1 saturated carbocycles. The van der Waals surface area contributed by atoms with Gasteiger partial charge in [0.05, 0.1) is 16.9 Å². The Morgan fingerprint density at radius 1 is 1.47 bits per heavy atom. The highest BCUT2D eigenvalue weighted by molar-refractivity contribution is 6.34. The van der Waals surface area contributed by atoms with E-state index in [4.69, 9.17) is 22.9 Å². The first kappa shape index (κ1) is 19.8. The minimum absolute atomic E-state index is 0.0223. The second-order valence-electron chi connectivity index (χ2n) is 7.32. The molecule has 0 spiro atoms. The first-order chi connectivity index (χ1) is 14.5. The van der Waals surface area contributed by atoms with Crippen LogP contribution in [-0.2, 0) is 12.0 Å². The van der Waals surface area contributed by atoms with E-state index in [1.54, 1.807) is 6.92 Å². The smallest absolute Gasteiger partial charge is 0.178 e. The minimum Gasteiger partial charge on any atom is -0.382 e. The van der Waals surface area contributed by atoms with Crippen molar-refractivity contribution in [2.45, 2.75) is 38.1 Å². The lowest BCUT2D eigenvalue weighted by Crippen LogP contribution is -2.19. The number of aryl methyl sites for hydroxylation is 1. The maximum atomic E-state index is 9.51. The molecule has 3 N–H and O–H groups in total. The van der Waals surface area contributed by atoms with Crippen molar-refractivity contribution >= 4 is 28.9 Å². The molecular weight excluding hydrogens is 406 g/mol. The van der Waals surface area contributed by atoms with Crippen molar-refractivity contribution in [1.29, 1.82) is 5.26 Å². The summed E-state index contributed by atoms with van der Waals surface area (Å²) >= 11 is 6.26. The van der Waals surface area contributed by atoms with Gasteiger partial charge in [-0.25, -0.2) is 4.98 Å². The van der Waals surface area contributed by atoms with Crippen LogP contribution in [0.2, 0.25) is 5.02 Å². The van der Waals surface area contributed by atoms with Crippen molar-refractivity contribution in [3.8, 4) is 6.07 Å². The number of hydrogen-bond acceptors (Lipinski definition) is 7. The first-order valence-corrected chi connectivity index (χ1v) is 9.91. The van der Waals surface area contributed by atoms with Gasteiger partial charge in [0.2, 0.25) is 0 Å². The van der Waals surface area contributed by atoms with E-state index < -0.39 is 0 Å². The molecule has 12 heteroatoms. The van der Waals surface area contributed by atoms with Gasteiger partial charge >= 0.3 is 0 Å². The van der Waals surface area contributed by atoms with Crippen LogP contribution in [0.1, 0.15) is 36.2 Å². The van der Waals surface area contributed by atoms with E-state index in [0.29, 0.717) is 41.7 Å². The molecule has 0 amide bonds. The zero-order valence-corrected chi connectivity index (χ0v) is 17.1. The van der Waals surface area contributed by atoms with E-state index in [1.165, 1.54) is 4.52 Å². The molecule has 0 atom stereocenters. The number of halogens is 1. The third kappa shape index (κ3) is 3.47. The zero-order valence-electron chi connectivity index (χ0n) is 16.4. The lowest BCUT2D eigenvalue weighted by molar-refractivity contribution is 0.404. The molecule has 30 heavy (non-hydrogen) atoms. The van der Waals surface area contributed by atoms with Crippen molar-refractivity contribution in [1.82, 2.24) is 24.4 Å². The molecule has 4 rings (SSSR count). The summed E-state index contributed by atoms with van der Waals surface area (Å²) in [5.41, 5.74) is 16.7. The number of nitrogens with zero attached hydrogens (tertiary/aromatic N) is 9. The Kier molecular flexibility index (Phi) is 5.11. The molecular formula is C18H20ClN11. The lowest BCUT2D eigenvalue weighted by atomic mass is 10.2. The molecule has 0 aliphatic heterocycles. The molecule has 1 aliphatic carbocycles. The second-order valence-corrected chi connectivity index (χ2v) is 7.70. The van der Waals surface area contributed by atoms with Gasteiger partial charge in [-0.1, -0.05) is 16.7 Å². The average Bonchev–Trinajstić information content (AvgIpc) is 3.26. The van der Waals surface area contributed by atoms with Crippen LogP contribution >= 0.6 is 11.6 Å². The number of aromatic nitrogens is 5. The van der Waals surface area contributed by atoms with Gasteiger partial charge in [-0.05, 0) is 37.8 Å². The summed E-state index contributed by atoms with van der Waals surface area (Å²) in [4.78, 5) is 7.26. The summed E-state index contributed by atoms with van der Waals surface area (Å²) in [7, 11) is 0. The highest BCUT2D eigenvalue weighted by Crippen LogP contribution is 2.46. The standard InChI is InChI=1S/C18H20ClN11/c1-11-14(19)17-25-16(13(10-20)15(21)30(17)26-11)23-7-2-12-3-9-29(27-12)18(4-5-18)6-8-24-28-22/h3,9H,2,4-8,21H2,1H3,(H,23,25). The third-order valence-electron chi connectivity index (χ3n) is 5.39. The van der Waals surface area contributed by atoms with Crippen molar-refractivity contribution in [3.05, 3.63) is 44.7 Å². The van der Waals surface area contributed by atoms with Crippen LogP contribution in [0.15, 0.2) is 17.4 Å². The molecule has 3 aromatic rings. The normalized spacial score (nSPS) is 14.3. The topological polar surface area (TPSA) is 159 Å². The Hall–Kier alpha value is -3.48. The summed E-state index contributed by atoms with van der Waals surface area (Å²) in [5.74, 6) is 0.566. The maximum Gasteiger partial charge on any atom is 0.178 e. The average molecular weight is 426 g/mol. The monoisotopic (exact) mass is 425 g/mol. The van der Waals surface area contributed by atoms with Crippen LogP contribution in [0, 0.1) is 18.3 Å². The Bertz CT molecular complexity index is 1190. The molecule has 0 bridgehead atoms. The van der Waals surface area contributed by atoms with E-state index >= 15 is 0 Å². The van der Waals surface area contributed by atoms with E-state index in [0.717, 1.165) is 25.0 Å². The van der Waals surface area contributed by atoms with Crippen molar-refractivity contribution in [2.75, 3.05) is 24.1 Å². The van der Waals surface area contributed by atoms with Crippen molar-refractivity contribution < 1.29 is 0 Å². The number of nitrogen functional groups attached to an aromatic ring is 1. The van der Waals surface area contributed by atoms with Crippen LogP contribution in [-0.4, -0.2) is 37.5 Å². The molecule has 154 valence electrons. The van der Waals surface area contributed by atoms with Crippen LogP contribution in [0.3, 0.4) is 0 Å². The van der Waals surface area contributed by atoms with Crippen LogP contribution < -0.4 is 11.1 Å². The molecule has 11 nitrogen and oxygen atoms in total. The molecule has 3 heterocycles. The van der Waals surface area contributed by atoms with Crippen molar-refractivity contribution in [3.63, 3.8) is 0 Å². The lowest BCUT2D eigenvalue weighted by Gasteiger charge is -2.14. The molecule has 1 fully saturated rings. The SMILES string of the molecule is Cc1nn2c(N)c(C#N)c(NCCc3ccn(C4(CCN=[N+]=[N-])CC4)n3)nc2c1Cl. The molecule has 0 unspecified atom stereocenters. The summed E-state index contributed by atoms with van der Waals surface area (Å²) in [6.07, 6.45) is 5.47. The Balaban J connectivity index is 1.46. The Morgan fingerprint density at radius 2 is 2.27 bits per heavy atom. The number of anilines is 2. The fraction of sp³-hybridized carbons (Fsp3) is 0.444. The Labute approximate surface area is 177 Å². The molecule has 0 saturated heterocycles. The quantitative estimate of drug-likeness (QED) is 0.320. The van der Waals surface area contributed by atoms with Crippen LogP contribution in [0.25, 0.3) is 16.1 Å². The number of hydrogen-bond donors (Lipinski definition) is 2. The Morgan fingerprint density at radius 3 is 2.97 bits per heavy atom. The van der Waals surface area contributed by atoms with Gasteiger partial charge in [0.15, 0.2) is 5.65 Å². The van der Waals surface area contributed by atoms with E-state index in [2.05, 4.69) is 36.6 Å². The predicted molar refractivity (Wildman–Crippen MR) is 112 cm³/mol. The van der Waals surface area contributed by atoms with Gasteiger partial charge in [-0.15, -0.1) is 0 Å². The predicted octanol–water partition coefficient (Wildman–Crippen LogP) is 3.19. The van der Waals surface area contributed by atoms with E-state index in [1.807, 2.05) is 16.9 Å². The fourth-order valence-corrected chi connectivity index (χ4v) is 3.66. The number of nitriles is 1. The largest absolute Gasteiger partial charge is 0.382 e. The van der Waals surface area contributed by atoms with Gasteiger partial charge in [-0.2, -0.15) is 20.0 Å². The molecule has 1 aliphatic rings. The molecule has 0 aromatic carbocycles. The summed E-state index contributed by atoms with van der Waals surface area (Å²) in [6.45, 7) is 2.74. The van der Waals surface area contributed by atoms with Gasteiger partial charge in [0, 0.05) is 30.6 Å². The summed E-state index contributed by atoms with van der Waals surface area (Å²) in [5, 5.41) is 25.6. The number of fused-ring (bicyclic) bond motifs is 1. The maximum absolute atomic E-state index is 9.51. The molecule has 0 radical (unpaired) electrons. The first-order valence-electron chi connectivity index (χ1n) is 9.53. The highest BCUT2D eigenvalue weighted by atomic mass is 35.5. The third-order valence-corrected chi connectivity index (χ3v) is 5.83. The molecule has 3 aromatic heterocycles. The summed E-state index contributed by atoms with van der Waals surface area (Å²) in [6, 6.07) is 4.06. The van der Waals surface area contributed by atoms with E-state index in [-0.39, 0.29) is 16.9 Å². The fourth-order valence-electron chi connectivity index (χ4n) is 3.50. The zero-order chi connectivity index (χ0) is 21.3. The number of nitrogens with one attached hydrogen (secondary N) is 1.